The molecule has 0 saturated carbocycles. The van der Waals surface area contributed by atoms with Gasteiger partial charge in [0.25, 0.3) is 0 Å². The summed E-state index contributed by atoms with van der Waals surface area (Å²) < 4.78 is 0. The van der Waals surface area contributed by atoms with Crippen LogP contribution in [0.5, 0.6) is 0 Å². The molecular weight excluding hydrogens is 218 g/mol. The van der Waals surface area contributed by atoms with E-state index in [0.717, 1.165) is 18.4 Å². The van der Waals surface area contributed by atoms with Gasteiger partial charge in [0.1, 0.15) is 17.5 Å². The van der Waals surface area contributed by atoms with E-state index in [1.54, 1.807) is 11.9 Å². The topological polar surface area (TPSA) is 98.1 Å². The van der Waals surface area contributed by atoms with Gasteiger partial charge in [-0.3, -0.25) is 4.79 Å². The summed E-state index contributed by atoms with van der Waals surface area (Å²) in [5.74, 6) is 1.41. The Morgan fingerprint density at radius 2 is 2.06 bits per heavy atom. The highest BCUT2D eigenvalue weighted by Gasteiger charge is 2.13. The van der Waals surface area contributed by atoms with Crippen LogP contribution in [0.3, 0.4) is 0 Å². The lowest BCUT2D eigenvalue weighted by Gasteiger charge is -2.19. The highest BCUT2D eigenvalue weighted by Crippen LogP contribution is 2.20. The second kappa shape index (κ2) is 5.47. The quantitative estimate of drug-likeness (QED) is 0.764. The third kappa shape index (κ3) is 3.30. The van der Waals surface area contributed by atoms with Gasteiger partial charge in [-0.15, -0.1) is 0 Å². The molecule has 0 aliphatic heterocycles. The first-order valence-electron chi connectivity index (χ1n) is 5.58. The molecule has 6 nitrogen and oxygen atoms in total. The summed E-state index contributed by atoms with van der Waals surface area (Å²) in [6, 6.07) is 0. The zero-order chi connectivity index (χ0) is 13.0. The first-order valence-corrected chi connectivity index (χ1v) is 5.58. The molecule has 4 N–H and O–H groups in total. The Morgan fingerprint density at radius 1 is 1.41 bits per heavy atom. The number of aromatic nitrogens is 2. The molecule has 0 saturated heterocycles. The minimum atomic E-state index is -0.402. The van der Waals surface area contributed by atoms with Gasteiger partial charge >= 0.3 is 0 Å². The fourth-order valence-electron chi connectivity index (χ4n) is 1.58. The van der Waals surface area contributed by atoms with Crippen LogP contribution in [0.1, 0.15) is 24.7 Å². The van der Waals surface area contributed by atoms with Crippen LogP contribution in [0.2, 0.25) is 0 Å². The number of hydrogen-bond acceptors (Lipinski definition) is 5. The summed E-state index contributed by atoms with van der Waals surface area (Å²) in [5, 5.41) is 0. The van der Waals surface area contributed by atoms with Crippen molar-refractivity contribution < 1.29 is 4.79 Å². The van der Waals surface area contributed by atoms with Crippen molar-refractivity contribution in [3.8, 4) is 0 Å². The summed E-state index contributed by atoms with van der Waals surface area (Å²) in [4.78, 5) is 21.2. The van der Waals surface area contributed by atoms with Gasteiger partial charge in [0.15, 0.2) is 0 Å². The van der Waals surface area contributed by atoms with Crippen molar-refractivity contribution in [3.63, 3.8) is 0 Å². The van der Waals surface area contributed by atoms with E-state index in [4.69, 9.17) is 11.5 Å². The molecule has 1 aromatic rings. The van der Waals surface area contributed by atoms with Crippen molar-refractivity contribution in [2.24, 2.45) is 5.73 Å². The van der Waals surface area contributed by atoms with Crippen LogP contribution < -0.4 is 16.4 Å². The van der Waals surface area contributed by atoms with Crippen molar-refractivity contribution in [1.82, 2.24) is 9.97 Å². The van der Waals surface area contributed by atoms with Gasteiger partial charge in [-0.2, -0.15) is 0 Å². The third-order valence-corrected chi connectivity index (χ3v) is 2.43. The number of amides is 1. The fraction of sp³-hybridized carbons (Fsp3) is 0.545. The van der Waals surface area contributed by atoms with Crippen LogP contribution in [-0.4, -0.2) is 29.5 Å². The molecule has 6 heteroatoms. The smallest absolute Gasteiger partial charge is 0.236 e. The van der Waals surface area contributed by atoms with Gasteiger partial charge in [-0.1, -0.05) is 6.92 Å². The maximum atomic E-state index is 10.9. The summed E-state index contributed by atoms with van der Waals surface area (Å²) >= 11 is 0. The van der Waals surface area contributed by atoms with Crippen molar-refractivity contribution in [1.29, 1.82) is 0 Å². The Kier molecular flexibility index (Phi) is 4.25. The Balaban J connectivity index is 3.08. The number of nitrogen functional groups attached to an aromatic ring is 1. The molecule has 0 aliphatic carbocycles. The second-order valence-electron chi connectivity index (χ2n) is 4.05. The van der Waals surface area contributed by atoms with E-state index in [2.05, 4.69) is 9.97 Å². The SMILES string of the molecule is CCCc1nc(N)c(C)c(N(C)CC(N)=O)n1. The highest BCUT2D eigenvalue weighted by atomic mass is 16.1. The van der Waals surface area contributed by atoms with E-state index in [9.17, 15) is 4.79 Å². The van der Waals surface area contributed by atoms with E-state index in [-0.39, 0.29) is 6.54 Å². The number of nitrogens with two attached hydrogens (primary N) is 2. The molecule has 1 rings (SSSR count). The molecule has 0 unspecified atom stereocenters. The predicted octanol–water partition coefficient (Wildman–Crippen LogP) is 0.241. The number of hydrogen-bond donors (Lipinski definition) is 2. The molecule has 1 amide bonds. The predicted molar refractivity (Wildman–Crippen MR) is 67.6 cm³/mol. The molecule has 0 atom stereocenters. The summed E-state index contributed by atoms with van der Waals surface area (Å²) in [5.41, 5.74) is 11.8. The Labute approximate surface area is 101 Å². The van der Waals surface area contributed by atoms with E-state index in [1.807, 2.05) is 13.8 Å². The number of anilines is 2. The van der Waals surface area contributed by atoms with Crippen molar-refractivity contribution in [2.45, 2.75) is 26.7 Å². The molecule has 0 radical (unpaired) electrons. The van der Waals surface area contributed by atoms with E-state index < -0.39 is 5.91 Å². The molecule has 94 valence electrons. The Morgan fingerprint density at radius 3 is 2.59 bits per heavy atom. The number of primary amides is 1. The summed E-state index contributed by atoms with van der Waals surface area (Å²) in [7, 11) is 1.76. The number of likely N-dealkylation sites (N-methyl/N-ethyl adjacent to an activating group) is 1. The van der Waals surface area contributed by atoms with Crippen molar-refractivity contribution >= 4 is 17.5 Å². The lowest BCUT2D eigenvalue weighted by atomic mass is 10.2. The lowest BCUT2D eigenvalue weighted by Crippen LogP contribution is -2.32. The molecular formula is C11H19N5O. The van der Waals surface area contributed by atoms with Crippen LogP contribution in [-0.2, 0) is 11.2 Å². The average Bonchev–Trinajstić information content (AvgIpc) is 2.22. The van der Waals surface area contributed by atoms with E-state index >= 15 is 0 Å². The average molecular weight is 237 g/mol. The van der Waals surface area contributed by atoms with Crippen LogP contribution in [0.25, 0.3) is 0 Å². The normalized spacial score (nSPS) is 10.3. The zero-order valence-corrected chi connectivity index (χ0v) is 10.5. The standard InChI is InChI=1S/C11H19N5O/c1-4-5-9-14-10(13)7(2)11(15-9)16(3)6-8(12)17/h4-6H2,1-3H3,(H2,12,17)(H2,13,14,15). The van der Waals surface area contributed by atoms with Crippen LogP contribution in [0, 0.1) is 6.92 Å². The maximum absolute atomic E-state index is 10.9. The largest absolute Gasteiger partial charge is 0.383 e. The molecule has 0 aromatic carbocycles. The molecule has 1 heterocycles. The van der Waals surface area contributed by atoms with Gasteiger partial charge < -0.3 is 16.4 Å². The van der Waals surface area contributed by atoms with Crippen molar-refractivity contribution in [2.75, 3.05) is 24.2 Å². The number of carbonyl (C=O) groups excluding carboxylic acids is 1. The van der Waals surface area contributed by atoms with E-state index in [0.29, 0.717) is 17.5 Å². The molecule has 0 aliphatic rings. The molecule has 0 spiro atoms. The van der Waals surface area contributed by atoms with E-state index in [1.165, 1.54) is 0 Å². The Hall–Kier alpha value is -1.85. The minimum Gasteiger partial charge on any atom is -0.383 e. The van der Waals surface area contributed by atoms with Crippen molar-refractivity contribution in [3.05, 3.63) is 11.4 Å². The van der Waals surface area contributed by atoms with Gasteiger partial charge in [-0.25, -0.2) is 9.97 Å². The van der Waals surface area contributed by atoms with Gasteiger partial charge in [0.05, 0.1) is 6.54 Å². The van der Waals surface area contributed by atoms with Gasteiger partial charge in [0.2, 0.25) is 5.91 Å². The van der Waals surface area contributed by atoms with Gasteiger partial charge in [0, 0.05) is 19.0 Å². The number of nitrogens with zero attached hydrogens (tertiary/aromatic N) is 3. The number of aryl methyl sites for hydroxylation is 1. The first kappa shape index (κ1) is 13.2. The highest BCUT2D eigenvalue weighted by molar-refractivity contribution is 5.79. The minimum absolute atomic E-state index is 0.114. The Bertz CT molecular complexity index is 419. The third-order valence-electron chi connectivity index (χ3n) is 2.43. The van der Waals surface area contributed by atoms with Crippen LogP contribution in [0.4, 0.5) is 11.6 Å². The zero-order valence-electron chi connectivity index (χ0n) is 10.5. The maximum Gasteiger partial charge on any atom is 0.236 e. The lowest BCUT2D eigenvalue weighted by molar-refractivity contribution is -0.116. The van der Waals surface area contributed by atoms with Gasteiger partial charge in [-0.05, 0) is 13.3 Å². The fourth-order valence-corrected chi connectivity index (χ4v) is 1.58. The molecule has 0 bridgehead atoms. The molecule has 1 aromatic heterocycles. The molecule has 0 fully saturated rings. The summed E-state index contributed by atoms with van der Waals surface area (Å²) in [6.07, 6.45) is 1.71. The van der Waals surface area contributed by atoms with Crippen LogP contribution >= 0.6 is 0 Å². The number of rotatable bonds is 5. The second-order valence-corrected chi connectivity index (χ2v) is 4.05. The monoisotopic (exact) mass is 237 g/mol. The number of carbonyl (C=O) groups is 1. The summed E-state index contributed by atoms with van der Waals surface area (Å²) in [6.45, 7) is 3.99. The van der Waals surface area contributed by atoms with Crippen LogP contribution in [0.15, 0.2) is 0 Å². The first-order chi connectivity index (χ1) is 7.95. The molecule has 17 heavy (non-hydrogen) atoms.